The first kappa shape index (κ1) is 14.8. The Bertz CT molecular complexity index is 717. The van der Waals surface area contributed by atoms with Gasteiger partial charge in [-0.2, -0.15) is 0 Å². The van der Waals surface area contributed by atoms with Crippen LogP contribution in [0.2, 0.25) is 5.02 Å². The molecule has 0 aromatic heterocycles. The Morgan fingerprint density at radius 2 is 1.70 bits per heavy atom. The fraction of sp³-hybridized carbons (Fsp3) is 0.143. The Morgan fingerprint density at radius 3 is 2.35 bits per heavy atom. The van der Waals surface area contributed by atoms with Crippen LogP contribution in [0.3, 0.4) is 0 Å². The van der Waals surface area contributed by atoms with Gasteiger partial charge in [0.25, 0.3) is 0 Å². The van der Waals surface area contributed by atoms with Crippen molar-refractivity contribution in [2.75, 3.05) is 5.73 Å². The molecule has 2 aromatic rings. The van der Waals surface area contributed by atoms with Gasteiger partial charge in [-0.25, -0.2) is 13.1 Å². The summed E-state index contributed by atoms with van der Waals surface area (Å²) >= 11 is 6.07. The monoisotopic (exact) mass is 310 g/mol. The molecule has 0 heterocycles. The van der Waals surface area contributed by atoms with E-state index in [1.807, 2.05) is 6.07 Å². The quantitative estimate of drug-likeness (QED) is 0.853. The first-order valence-electron chi connectivity index (χ1n) is 6.03. The molecular formula is C14H15ClN2O2S. The molecule has 0 aliphatic heterocycles. The van der Waals surface area contributed by atoms with Gasteiger partial charge < -0.3 is 5.73 Å². The molecule has 1 unspecified atom stereocenters. The van der Waals surface area contributed by atoms with Crippen LogP contribution in [0.25, 0.3) is 0 Å². The van der Waals surface area contributed by atoms with Gasteiger partial charge in [0.1, 0.15) is 4.90 Å². The molecule has 20 heavy (non-hydrogen) atoms. The van der Waals surface area contributed by atoms with Crippen molar-refractivity contribution >= 4 is 27.3 Å². The molecule has 2 rings (SSSR count). The normalized spacial score (nSPS) is 13.1. The zero-order valence-corrected chi connectivity index (χ0v) is 12.4. The number of hydrogen-bond donors (Lipinski definition) is 2. The number of anilines is 1. The highest BCUT2D eigenvalue weighted by Crippen LogP contribution is 2.25. The minimum absolute atomic E-state index is 0.0684. The van der Waals surface area contributed by atoms with Gasteiger partial charge in [-0.1, -0.05) is 41.9 Å². The number of nitrogens with one attached hydrogen (secondary N) is 1. The fourth-order valence-electron chi connectivity index (χ4n) is 1.91. The second kappa shape index (κ2) is 5.83. The van der Waals surface area contributed by atoms with Crippen LogP contribution in [0, 0.1) is 0 Å². The van der Waals surface area contributed by atoms with E-state index in [0.29, 0.717) is 10.6 Å². The molecule has 0 aliphatic rings. The molecule has 1 atom stereocenters. The number of nitrogen functional groups attached to an aromatic ring is 1. The van der Waals surface area contributed by atoms with E-state index in [0.717, 1.165) is 0 Å². The van der Waals surface area contributed by atoms with E-state index in [2.05, 4.69) is 4.72 Å². The molecule has 3 N–H and O–H groups in total. The summed E-state index contributed by atoms with van der Waals surface area (Å²) < 4.78 is 27.2. The van der Waals surface area contributed by atoms with E-state index in [1.54, 1.807) is 43.3 Å². The molecule has 2 aromatic carbocycles. The van der Waals surface area contributed by atoms with E-state index in [9.17, 15) is 8.42 Å². The van der Waals surface area contributed by atoms with Gasteiger partial charge in [-0.3, -0.25) is 0 Å². The van der Waals surface area contributed by atoms with E-state index in [1.165, 1.54) is 6.07 Å². The lowest BCUT2D eigenvalue weighted by molar-refractivity contribution is 0.567. The second-order valence-electron chi connectivity index (χ2n) is 4.40. The number of para-hydroxylation sites is 1. The largest absolute Gasteiger partial charge is 0.398 e. The summed E-state index contributed by atoms with van der Waals surface area (Å²) in [5.74, 6) is 0. The van der Waals surface area contributed by atoms with Crippen molar-refractivity contribution < 1.29 is 8.42 Å². The van der Waals surface area contributed by atoms with Crippen molar-refractivity contribution in [3.8, 4) is 0 Å². The van der Waals surface area contributed by atoms with Gasteiger partial charge in [0, 0.05) is 11.1 Å². The summed E-state index contributed by atoms with van der Waals surface area (Å²) in [6.07, 6.45) is 0. The van der Waals surface area contributed by atoms with Crippen LogP contribution in [0.1, 0.15) is 18.5 Å². The van der Waals surface area contributed by atoms with Crippen LogP contribution in [-0.4, -0.2) is 8.42 Å². The maximum absolute atomic E-state index is 12.3. The van der Waals surface area contributed by atoms with Gasteiger partial charge >= 0.3 is 0 Å². The number of benzene rings is 2. The predicted octanol–water partition coefficient (Wildman–Crippen LogP) is 2.96. The standard InChI is InChI=1S/C14H15ClN2O2S/c1-10(11-6-2-3-7-12(11)15)17-20(18,19)14-9-5-4-8-13(14)16/h2-10,17H,16H2,1H3. The molecule has 0 spiro atoms. The summed E-state index contributed by atoms with van der Waals surface area (Å²) in [7, 11) is -3.69. The third kappa shape index (κ3) is 3.12. The Kier molecular flexibility index (Phi) is 4.32. The molecule has 0 saturated heterocycles. The third-order valence-corrected chi connectivity index (χ3v) is 4.87. The van der Waals surface area contributed by atoms with E-state index >= 15 is 0 Å². The predicted molar refractivity (Wildman–Crippen MR) is 81.0 cm³/mol. The van der Waals surface area contributed by atoms with Crippen LogP contribution in [-0.2, 0) is 10.0 Å². The molecule has 0 aliphatic carbocycles. The Balaban J connectivity index is 2.30. The van der Waals surface area contributed by atoms with E-state index in [-0.39, 0.29) is 10.6 Å². The number of halogens is 1. The number of nitrogens with two attached hydrogens (primary N) is 1. The van der Waals surface area contributed by atoms with Gasteiger partial charge in [-0.05, 0) is 30.7 Å². The van der Waals surface area contributed by atoms with Crippen molar-refractivity contribution in [2.45, 2.75) is 17.9 Å². The fourth-order valence-corrected chi connectivity index (χ4v) is 3.57. The third-order valence-electron chi connectivity index (χ3n) is 2.91. The molecule has 0 saturated carbocycles. The molecular weight excluding hydrogens is 296 g/mol. The lowest BCUT2D eigenvalue weighted by Crippen LogP contribution is -2.27. The Labute approximate surface area is 123 Å². The van der Waals surface area contributed by atoms with Gasteiger partial charge in [0.2, 0.25) is 10.0 Å². The summed E-state index contributed by atoms with van der Waals surface area (Å²) in [4.78, 5) is 0.0684. The average molecular weight is 311 g/mol. The molecule has 6 heteroatoms. The summed E-state index contributed by atoms with van der Waals surface area (Å²) in [5, 5.41) is 0.517. The molecule has 0 radical (unpaired) electrons. The molecule has 106 valence electrons. The zero-order valence-electron chi connectivity index (χ0n) is 10.9. The van der Waals surface area contributed by atoms with Crippen LogP contribution >= 0.6 is 11.6 Å². The zero-order chi connectivity index (χ0) is 14.8. The molecule has 4 nitrogen and oxygen atoms in total. The summed E-state index contributed by atoms with van der Waals surface area (Å²) in [6, 6.07) is 13.0. The first-order valence-corrected chi connectivity index (χ1v) is 7.89. The summed E-state index contributed by atoms with van der Waals surface area (Å²) in [5.41, 5.74) is 6.64. The van der Waals surface area contributed by atoms with E-state index < -0.39 is 16.1 Å². The van der Waals surface area contributed by atoms with Gasteiger partial charge in [0.15, 0.2) is 0 Å². The highest BCUT2D eigenvalue weighted by molar-refractivity contribution is 7.89. The Hall–Kier alpha value is -1.56. The number of rotatable bonds is 4. The maximum Gasteiger partial charge on any atom is 0.243 e. The van der Waals surface area contributed by atoms with Gasteiger partial charge in [-0.15, -0.1) is 0 Å². The van der Waals surface area contributed by atoms with Crippen LogP contribution < -0.4 is 10.5 Å². The first-order chi connectivity index (χ1) is 9.42. The maximum atomic E-state index is 12.3. The number of sulfonamides is 1. The Morgan fingerprint density at radius 1 is 1.10 bits per heavy atom. The molecule has 0 amide bonds. The van der Waals surface area contributed by atoms with Gasteiger partial charge in [0.05, 0.1) is 5.69 Å². The second-order valence-corrected chi connectivity index (χ2v) is 6.49. The van der Waals surface area contributed by atoms with Crippen molar-refractivity contribution in [1.29, 1.82) is 0 Å². The number of hydrogen-bond acceptors (Lipinski definition) is 3. The SMILES string of the molecule is CC(NS(=O)(=O)c1ccccc1N)c1ccccc1Cl. The lowest BCUT2D eigenvalue weighted by atomic mass is 10.1. The van der Waals surface area contributed by atoms with Crippen molar-refractivity contribution in [3.63, 3.8) is 0 Å². The summed E-state index contributed by atoms with van der Waals surface area (Å²) in [6.45, 7) is 1.73. The minimum Gasteiger partial charge on any atom is -0.398 e. The van der Waals surface area contributed by atoms with Crippen molar-refractivity contribution in [2.24, 2.45) is 0 Å². The van der Waals surface area contributed by atoms with Crippen LogP contribution in [0.15, 0.2) is 53.4 Å². The lowest BCUT2D eigenvalue weighted by Gasteiger charge is -2.16. The van der Waals surface area contributed by atoms with E-state index in [4.69, 9.17) is 17.3 Å². The molecule has 0 fully saturated rings. The van der Waals surface area contributed by atoms with Crippen molar-refractivity contribution in [3.05, 3.63) is 59.1 Å². The highest BCUT2D eigenvalue weighted by Gasteiger charge is 2.21. The smallest absolute Gasteiger partial charge is 0.243 e. The van der Waals surface area contributed by atoms with Crippen LogP contribution in [0.5, 0.6) is 0 Å². The molecule has 0 bridgehead atoms. The topological polar surface area (TPSA) is 72.2 Å². The van der Waals surface area contributed by atoms with Crippen molar-refractivity contribution in [1.82, 2.24) is 4.72 Å². The highest BCUT2D eigenvalue weighted by atomic mass is 35.5. The van der Waals surface area contributed by atoms with Crippen LogP contribution in [0.4, 0.5) is 5.69 Å². The average Bonchev–Trinajstić information content (AvgIpc) is 2.38. The minimum atomic E-state index is -3.69.